The maximum absolute atomic E-state index is 12.1. The van der Waals surface area contributed by atoms with Gasteiger partial charge >= 0.3 is 12.1 Å². The highest BCUT2D eigenvalue weighted by Gasteiger charge is 2.43. The van der Waals surface area contributed by atoms with Crippen molar-refractivity contribution >= 4 is 5.91 Å². The summed E-state index contributed by atoms with van der Waals surface area (Å²) in [5, 5.41) is 18.4. The predicted octanol–water partition coefficient (Wildman–Crippen LogP) is 0.141. The zero-order valence-electron chi connectivity index (χ0n) is 8.57. The van der Waals surface area contributed by atoms with Crippen molar-refractivity contribution < 1.29 is 28.2 Å². The second-order valence-corrected chi connectivity index (χ2v) is 3.88. The van der Waals surface area contributed by atoms with Gasteiger partial charge in [0.15, 0.2) is 0 Å². The first kappa shape index (κ1) is 13.2. The fourth-order valence-electron chi connectivity index (χ4n) is 1.74. The van der Waals surface area contributed by atoms with Gasteiger partial charge in [0.05, 0.1) is 6.10 Å². The fraction of sp³-hybridized carbons (Fsp3) is 0.889. The van der Waals surface area contributed by atoms with Crippen molar-refractivity contribution in [3.63, 3.8) is 0 Å². The van der Waals surface area contributed by atoms with E-state index in [0.717, 1.165) is 0 Å². The third kappa shape index (κ3) is 3.08. The van der Waals surface area contributed by atoms with Gasteiger partial charge in [0.1, 0.15) is 0 Å². The van der Waals surface area contributed by atoms with Gasteiger partial charge in [0.25, 0.3) is 0 Å². The predicted molar refractivity (Wildman–Crippen MR) is 48.5 cm³/mol. The van der Waals surface area contributed by atoms with Crippen molar-refractivity contribution in [2.45, 2.75) is 25.1 Å². The van der Waals surface area contributed by atoms with Crippen LogP contribution >= 0.6 is 0 Å². The van der Waals surface area contributed by atoms with Gasteiger partial charge in [-0.25, -0.2) is 0 Å². The number of carbonyl (C=O) groups is 1. The number of aliphatic hydroxyl groups is 2. The van der Waals surface area contributed by atoms with E-state index in [1.807, 2.05) is 0 Å². The van der Waals surface area contributed by atoms with E-state index >= 15 is 0 Å². The lowest BCUT2D eigenvalue weighted by molar-refractivity contribution is -0.185. The minimum atomic E-state index is -4.87. The monoisotopic (exact) mass is 241 g/mol. The van der Waals surface area contributed by atoms with Crippen molar-refractivity contribution in [1.29, 1.82) is 0 Å². The molecule has 1 amide bonds. The third-order valence-electron chi connectivity index (χ3n) is 2.77. The highest BCUT2D eigenvalue weighted by atomic mass is 19.4. The van der Waals surface area contributed by atoms with Gasteiger partial charge in [-0.15, -0.1) is 0 Å². The largest absolute Gasteiger partial charge is 0.471 e. The standard InChI is InChI=1S/C9H14F3NO3/c10-9(11,12)8(16)13-3-1-6(5-14)7(15)2-4-13/h6-7,14-15H,1-5H2. The Morgan fingerprint density at radius 1 is 1.31 bits per heavy atom. The highest BCUT2D eigenvalue weighted by Crippen LogP contribution is 2.23. The lowest BCUT2D eigenvalue weighted by atomic mass is 9.99. The summed E-state index contributed by atoms with van der Waals surface area (Å²) in [6.07, 6.45) is -5.48. The maximum atomic E-state index is 12.1. The molecule has 1 heterocycles. The lowest BCUT2D eigenvalue weighted by Crippen LogP contribution is -2.41. The van der Waals surface area contributed by atoms with E-state index < -0.39 is 24.1 Å². The zero-order chi connectivity index (χ0) is 12.3. The Balaban J connectivity index is 2.63. The number of nitrogens with zero attached hydrogens (tertiary/aromatic N) is 1. The molecular weight excluding hydrogens is 227 g/mol. The van der Waals surface area contributed by atoms with E-state index in [2.05, 4.69) is 0 Å². The molecule has 0 aromatic heterocycles. The normalized spacial score (nSPS) is 27.7. The molecule has 7 heteroatoms. The Hall–Kier alpha value is -0.820. The quantitative estimate of drug-likeness (QED) is 0.686. The van der Waals surface area contributed by atoms with Crippen LogP contribution in [0.2, 0.25) is 0 Å². The molecule has 1 rings (SSSR count). The molecule has 16 heavy (non-hydrogen) atoms. The molecule has 0 aromatic rings. The Morgan fingerprint density at radius 2 is 1.88 bits per heavy atom. The number of rotatable bonds is 1. The molecular formula is C9H14F3NO3. The summed E-state index contributed by atoms with van der Waals surface area (Å²) in [5.74, 6) is -2.33. The second kappa shape index (κ2) is 5.01. The Labute approximate surface area is 90.7 Å². The van der Waals surface area contributed by atoms with Gasteiger partial charge in [-0.05, 0) is 12.8 Å². The molecule has 0 radical (unpaired) electrons. The van der Waals surface area contributed by atoms with Crippen molar-refractivity contribution in [3.05, 3.63) is 0 Å². The van der Waals surface area contributed by atoms with Crippen LogP contribution in [-0.2, 0) is 4.79 Å². The van der Waals surface area contributed by atoms with Gasteiger partial charge in [0.2, 0.25) is 0 Å². The smallest absolute Gasteiger partial charge is 0.396 e. The van der Waals surface area contributed by atoms with Crippen LogP contribution in [0.15, 0.2) is 0 Å². The number of carbonyl (C=O) groups excluding carboxylic acids is 1. The summed E-state index contributed by atoms with van der Waals surface area (Å²) < 4.78 is 36.4. The summed E-state index contributed by atoms with van der Waals surface area (Å²) in [4.78, 5) is 11.6. The van der Waals surface area contributed by atoms with Gasteiger partial charge < -0.3 is 15.1 Å². The molecule has 2 N–H and O–H groups in total. The number of likely N-dealkylation sites (tertiary alicyclic amines) is 1. The average Bonchev–Trinajstić information content (AvgIpc) is 2.37. The SMILES string of the molecule is O=C(N1CCC(O)C(CO)CC1)C(F)(F)F. The minimum absolute atomic E-state index is 0.0625. The average molecular weight is 241 g/mol. The molecule has 94 valence electrons. The van der Waals surface area contributed by atoms with Crippen molar-refractivity contribution in [2.24, 2.45) is 5.92 Å². The number of hydrogen-bond acceptors (Lipinski definition) is 3. The molecule has 2 unspecified atom stereocenters. The first-order valence-corrected chi connectivity index (χ1v) is 5.01. The van der Waals surface area contributed by atoms with Crippen LogP contribution < -0.4 is 0 Å². The molecule has 0 bridgehead atoms. The summed E-state index contributed by atoms with van der Waals surface area (Å²) in [7, 11) is 0. The summed E-state index contributed by atoms with van der Waals surface area (Å²) in [6, 6.07) is 0. The molecule has 1 aliphatic rings. The topological polar surface area (TPSA) is 60.8 Å². The number of aliphatic hydroxyl groups excluding tert-OH is 2. The van der Waals surface area contributed by atoms with Crippen LogP contribution in [0, 0.1) is 5.92 Å². The molecule has 1 saturated heterocycles. The van der Waals surface area contributed by atoms with Crippen molar-refractivity contribution in [3.8, 4) is 0 Å². The molecule has 1 aliphatic heterocycles. The van der Waals surface area contributed by atoms with Crippen LogP contribution in [-0.4, -0.2) is 53.0 Å². The highest BCUT2D eigenvalue weighted by molar-refractivity contribution is 5.81. The number of halogens is 3. The van der Waals surface area contributed by atoms with Gasteiger partial charge in [-0.3, -0.25) is 4.79 Å². The number of alkyl halides is 3. The molecule has 0 saturated carbocycles. The first-order valence-electron chi connectivity index (χ1n) is 5.01. The van der Waals surface area contributed by atoms with Gasteiger partial charge in [-0.2, -0.15) is 13.2 Å². The van der Waals surface area contributed by atoms with E-state index in [-0.39, 0.29) is 32.5 Å². The van der Waals surface area contributed by atoms with E-state index in [4.69, 9.17) is 5.11 Å². The Morgan fingerprint density at radius 3 is 2.38 bits per heavy atom. The summed E-state index contributed by atoms with van der Waals surface area (Å²) in [5.41, 5.74) is 0. The van der Waals surface area contributed by atoms with E-state index in [9.17, 15) is 23.1 Å². The molecule has 0 spiro atoms. The summed E-state index contributed by atoms with van der Waals surface area (Å²) >= 11 is 0. The minimum Gasteiger partial charge on any atom is -0.396 e. The van der Waals surface area contributed by atoms with Crippen LogP contribution in [0.4, 0.5) is 13.2 Å². The van der Waals surface area contributed by atoms with Crippen LogP contribution in [0.1, 0.15) is 12.8 Å². The number of amides is 1. The second-order valence-electron chi connectivity index (χ2n) is 3.88. The fourth-order valence-corrected chi connectivity index (χ4v) is 1.74. The van der Waals surface area contributed by atoms with E-state index in [1.165, 1.54) is 0 Å². The zero-order valence-corrected chi connectivity index (χ0v) is 8.57. The van der Waals surface area contributed by atoms with Crippen LogP contribution in [0.3, 0.4) is 0 Å². The Bertz CT molecular complexity index is 257. The Kier molecular flexibility index (Phi) is 4.15. The van der Waals surface area contributed by atoms with Gasteiger partial charge in [0, 0.05) is 25.6 Å². The first-order chi connectivity index (χ1) is 7.36. The van der Waals surface area contributed by atoms with Crippen LogP contribution in [0.25, 0.3) is 0 Å². The lowest BCUT2D eigenvalue weighted by Gasteiger charge is -2.21. The molecule has 2 atom stereocenters. The van der Waals surface area contributed by atoms with Crippen molar-refractivity contribution in [1.82, 2.24) is 4.90 Å². The molecule has 0 aromatic carbocycles. The van der Waals surface area contributed by atoms with E-state index in [0.29, 0.717) is 4.90 Å². The summed E-state index contributed by atoms with van der Waals surface area (Å²) in [6.45, 7) is -0.494. The van der Waals surface area contributed by atoms with Crippen molar-refractivity contribution in [2.75, 3.05) is 19.7 Å². The number of hydrogen-bond donors (Lipinski definition) is 2. The molecule has 4 nitrogen and oxygen atoms in total. The van der Waals surface area contributed by atoms with Crippen LogP contribution in [0.5, 0.6) is 0 Å². The molecule has 1 fully saturated rings. The molecule has 0 aliphatic carbocycles. The maximum Gasteiger partial charge on any atom is 0.471 e. The van der Waals surface area contributed by atoms with E-state index in [1.54, 1.807) is 0 Å². The third-order valence-corrected chi connectivity index (χ3v) is 2.77. The van der Waals surface area contributed by atoms with Gasteiger partial charge in [-0.1, -0.05) is 0 Å².